The average Bonchev–Trinajstić information content (AvgIpc) is 2.83. The number of halogens is 1. The Morgan fingerprint density at radius 3 is 2.81 bits per heavy atom. The first-order valence-electron chi connectivity index (χ1n) is 6.24. The monoisotopic (exact) mass is 298 g/mol. The second kappa shape index (κ2) is 5.96. The Balaban J connectivity index is 2.16. The highest BCUT2D eigenvalue weighted by molar-refractivity contribution is 5.93. The van der Waals surface area contributed by atoms with Gasteiger partial charge in [0, 0.05) is 19.0 Å². The van der Waals surface area contributed by atoms with Crippen LogP contribution in [0.1, 0.15) is 6.42 Å². The van der Waals surface area contributed by atoms with Crippen molar-refractivity contribution < 1.29 is 28.9 Å². The molecule has 1 saturated heterocycles. The number of aliphatic hydroxyl groups is 1. The lowest BCUT2D eigenvalue weighted by Gasteiger charge is -2.21. The highest BCUT2D eigenvalue weighted by atomic mass is 19.1. The third-order valence-corrected chi connectivity index (χ3v) is 3.24. The number of hydrogen-bond acceptors (Lipinski definition) is 4. The molecule has 114 valence electrons. The quantitative estimate of drug-likeness (QED) is 0.769. The van der Waals surface area contributed by atoms with Crippen molar-refractivity contribution >= 4 is 17.7 Å². The van der Waals surface area contributed by atoms with Crippen LogP contribution in [0.5, 0.6) is 5.75 Å². The van der Waals surface area contributed by atoms with Gasteiger partial charge in [-0.2, -0.15) is 0 Å². The standard InChI is InChI=1S/C13H15FN2O5/c1-21-8-2-3-9(14)10(5-8)15-13(20)16-6-7(17)4-11(16)12(18)19/h2-3,5,7,11,17H,4,6H2,1H3,(H,15,20)(H,18,19)/t7-,11-/m0/s1. The number of hydrogen-bond donors (Lipinski definition) is 3. The molecule has 21 heavy (non-hydrogen) atoms. The summed E-state index contributed by atoms with van der Waals surface area (Å²) in [4.78, 5) is 24.1. The maximum Gasteiger partial charge on any atom is 0.326 e. The van der Waals surface area contributed by atoms with Crippen LogP contribution < -0.4 is 10.1 Å². The molecule has 3 N–H and O–H groups in total. The molecule has 2 atom stereocenters. The molecular formula is C13H15FN2O5. The van der Waals surface area contributed by atoms with E-state index >= 15 is 0 Å². The minimum Gasteiger partial charge on any atom is -0.497 e. The van der Waals surface area contributed by atoms with E-state index in [9.17, 15) is 19.1 Å². The van der Waals surface area contributed by atoms with Gasteiger partial charge < -0.3 is 25.2 Å². The van der Waals surface area contributed by atoms with E-state index in [1.165, 1.54) is 19.2 Å². The van der Waals surface area contributed by atoms with E-state index in [0.717, 1.165) is 11.0 Å². The van der Waals surface area contributed by atoms with Crippen molar-refractivity contribution in [2.24, 2.45) is 0 Å². The van der Waals surface area contributed by atoms with Gasteiger partial charge >= 0.3 is 12.0 Å². The summed E-state index contributed by atoms with van der Waals surface area (Å²) in [5.41, 5.74) is -0.120. The van der Waals surface area contributed by atoms with Crippen LogP contribution in [0.25, 0.3) is 0 Å². The number of carbonyl (C=O) groups excluding carboxylic acids is 1. The lowest BCUT2D eigenvalue weighted by molar-refractivity contribution is -0.141. The van der Waals surface area contributed by atoms with E-state index in [4.69, 9.17) is 9.84 Å². The zero-order chi connectivity index (χ0) is 15.6. The Hall–Kier alpha value is -2.35. The number of likely N-dealkylation sites (tertiary alicyclic amines) is 1. The van der Waals surface area contributed by atoms with Crippen LogP contribution in [0.3, 0.4) is 0 Å². The molecule has 1 fully saturated rings. The number of carbonyl (C=O) groups is 2. The Kier molecular flexibility index (Phi) is 4.27. The third-order valence-electron chi connectivity index (χ3n) is 3.24. The number of β-amino-alcohol motifs (C(OH)–C–C–N with tert-alkyl or cyclic N) is 1. The van der Waals surface area contributed by atoms with Gasteiger partial charge in [-0.3, -0.25) is 0 Å². The summed E-state index contributed by atoms with van der Waals surface area (Å²) in [6.07, 6.45) is -0.962. The molecule has 2 amide bonds. The SMILES string of the molecule is COc1ccc(F)c(NC(=O)N2C[C@@H](O)C[C@H]2C(=O)O)c1. The largest absolute Gasteiger partial charge is 0.497 e. The van der Waals surface area contributed by atoms with Gasteiger partial charge in [0.05, 0.1) is 18.9 Å². The number of ether oxygens (including phenoxy) is 1. The maximum atomic E-state index is 13.6. The molecule has 0 saturated carbocycles. The topological polar surface area (TPSA) is 99.1 Å². The highest BCUT2D eigenvalue weighted by Gasteiger charge is 2.39. The minimum absolute atomic E-state index is 0.0522. The fraction of sp³-hybridized carbons (Fsp3) is 0.385. The predicted octanol–water partition coefficient (Wildman–Crippen LogP) is 0.886. The highest BCUT2D eigenvalue weighted by Crippen LogP contribution is 2.24. The summed E-state index contributed by atoms with van der Waals surface area (Å²) in [5.74, 6) is -1.54. The van der Waals surface area contributed by atoms with Gasteiger partial charge in [-0.1, -0.05) is 0 Å². The smallest absolute Gasteiger partial charge is 0.326 e. The first kappa shape index (κ1) is 15.0. The number of anilines is 1. The summed E-state index contributed by atoms with van der Waals surface area (Å²) in [7, 11) is 1.40. The number of nitrogens with zero attached hydrogens (tertiary/aromatic N) is 1. The molecule has 0 spiro atoms. The molecular weight excluding hydrogens is 283 g/mol. The molecule has 0 radical (unpaired) electrons. The number of rotatable bonds is 3. The van der Waals surface area contributed by atoms with Gasteiger partial charge in [0.2, 0.25) is 0 Å². The van der Waals surface area contributed by atoms with Crippen molar-refractivity contribution in [3.05, 3.63) is 24.0 Å². The van der Waals surface area contributed by atoms with E-state index in [2.05, 4.69) is 5.32 Å². The van der Waals surface area contributed by atoms with E-state index in [1.807, 2.05) is 0 Å². The van der Waals surface area contributed by atoms with Crippen molar-refractivity contribution in [3.8, 4) is 5.75 Å². The molecule has 1 aromatic rings. The van der Waals surface area contributed by atoms with Gasteiger partial charge in [-0.25, -0.2) is 14.0 Å². The van der Waals surface area contributed by atoms with Gasteiger partial charge in [-0.05, 0) is 12.1 Å². The van der Waals surface area contributed by atoms with Gasteiger partial charge in [0.25, 0.3) is 0 Å². The number of aliphatic carboxylic acids is 1. The molecule has 0 aliphatic carbocycles. The van der Waals surface area contributed by atoms with E-state index in [0.29, 0.717) is 5.75 Å². The molecule has 1 aromatic carbocycles. The fourth-order valence-electron chi connectivity index (χ4n) is 2.19. The Labute approximate surface area is 119 Å². The van der Waals surface area contributed by atoms with E-state index in [-0.39, 0.29) is 18.7 Å². The molecule has 1 aliphatic heterocycles. The van der Waals surface area contributed by atoms with Gasteiger partial charge in [0.15, 0.2) is 0 Å². The van der Waals surface area contributed by atoms with E-state index < -0.39 is 30.0 Å². The lowest BCUT2D eigenvalue weighted by atomic mass is 10.2. The number of amides is 2. The van der Waals surface area contributed by atoms with Crippen LogP contribution in [-0.4, -0.2) is 52.9 Å². The summed E-state index contributed by atoms with van der Waals surface area (Å²) < 4.78 is 18.6. The van der Waals surface area contributed by atoms with Crippen LogP contribution in [-0.2, 0) is 4.79 Å². The van der Waals surface area contributed by atoms with Crippen LogP contribution in [0.15, 0.2) is 18.2 Å². The number of nitrogens with one attached hydrogen (secondary N) is 1. The minimum atomic E-state index is -1.21. The second-order valence-electron chi connectivity index (χ2n) is 4.67. The number of carboxylic acids is 1. The summed E-state index contributed by atoms with van der Waals surface area (Å²) in [6, 6.07) is 1.89. The summed E-state index contributed by atoms with van der Waals surface area (Å²) >= 11 is 0. The molecule has 0 aromatic heterocycles. The zero-order valence-corrected chi connectivity index (χ0v) is 11.2. The predicted molar refractivity (Wildman–Crippen MR) is 70.7 cm³/mol. The molecule has 1 aliphatic rings. The average molecular weight is 298 g/mol. The van der Waals surface area contributed by atoms with Gasteiger partial charge in [-0.15, -0.1) is 0 Å². The number of urea groups is 1. The number of benzene rings is 1. The fourth-order valence-corrected chi connectivity index (χ4v) is 2.19. The molecule has 0 unspecified atom stereocenters. The first-order valence-corrected chi connectivity index (χ1v) is 6.24. The maximum absolute atomic E-state index is 13.6. The normalized spacial score (nSPS) is 21.2. The van der Waals surface area contributed by atoms with Gasteiger partial charge in [0.1, 0.15) is 17.6 Å². The number of aliphatic hydroxyl groups excluding tert-OH is 1. The van der Waals surface area contributed by atoms with Crippen molar-refractivity contribution in [1.82, 2.24) is 4.90 Å². The van der Waals surface area contributed by atoms with Crippen LogP contribution in [0, 0.1) is 5.82 Å². The Morgan fingerprint density at radius 2 is 2.19 bits per heavy atom. The number of carboxylic acid groups (broad SMARTS) is 1. The van der Waals surface area contributed by atoms with Crippen LogP contribution >= 0.6 is 0 Å². The molecule has 2 rings (SSSR count). The summed E-state index contributed by atoms with van der Waals surface area (Å²) in [5, 5.41) is 20.8. The third kappa shape index (κ3) is 3.22. The molecule has 0 bridgehead atoms. The van der Waals surface area contributed by atoms with Crippen molar-refractivity contribution in [3.63, 3.8) is 0 Å². The molecule has 1 heterocycles. The lowest BCUT2D eigenvalue weighted by Crippen LogP contribution is -2.43. The Bertz CT molecular complexity index is 565. The van der Waals surface area contributed by atoms with Crippen LogP contribution in [0.2, 0.25) is 0 Å². The Morgan fingerprint density at radius 1 is 1.48 bits per heavy atom. The van der Waals surface area contributed by atoms with Crippen LogP contribution in [0.4, 0.5) is 14.9 Å². The first-order chi connectivity index (χ1) is 9.92. The zero-order valence-electron chi connectivity index (χ0n) is 11.2. The number of methoxy groups -OCH3 is 1. The van der Waals surface area contributed by atoms with Crippen molar-refractivity contribution in [2.45, 2.75) is 18.6 Å². The second-order valence-corrected chi connectivity index (χ2v) is 4.67. The summed E-state index contributed by atoms with van der Waals surface area (Å²) in [6.45, 7) is -0.117. The molecule has 7 nitrogen and oxygen atoms in total. The molecule has 8 heteroatoms. The van der Waals surface area contributed by atoms with E-state index in [1.54, 1.807) is 0 Å². The van der Waals surface area contributed by atoms with Crippen molar-refractivity contribution in [1.29, 1.82) is 0 Å². The van der Waals surface area contributed by atoms with Crippen molar-refractivity contribution in [2.75, 3.05) is 19.0 Å².